The molecule has 0 bridgehead atoms. The van der Waals surface area contributed by atoms with Crippen molar-refractivity contribution in [2.75, 3.05) is 18.8 Å². The molecule has 2 heterocycles. The standard InChI is InChI=1S/C10H16N2O3S2/c1-2-3-6-17(13,14)12-7-9(8-12)15-10-11-4-5-16-10/h4-5,9H,2-3,6-8H2,1H3. The number of hydrogen-bond acceptors (Lipinski definition) is 5. The number of aromatic nitrogens is 1. The van der Waals surface area contributed by atoms with E-state index in [2.05, 4.69) is 4.98 Å². The highest BCUT2D eigenvalue weighted by atomic mass is 32.2. The largest absolute Gasteiger partial charge is 0.464 e. The molecule has 0 aliphatic carbocycles. The van der Waals surface area contributed by atoms with Gasteiger partial charge < -0.3 is 4.74 Å². The number of hydrogen-bond donors (Lipinski definition) is 0. The fourth-order valence-electron chi connectivity index (χ4n) is 1.57. The Hall–Kier alpha value is -0.660. The fraction of sp³-hybridized carbons (Fsp3) is 0.700. The van der Waals surface area contributed by atoms with Crippen molar-refractivity contribution in [3.05, 3.63) is 11.6 Å². The van der Waals surface area contributed by atoms with Crippen LogP contribution in [0.15, 0.2) is 11.6 Å². The van der Waals surface area contributed by atoms with E-state index in [1.54, 1.807) is 6.20 Å². The van der Waals surface area contributed by atoms with Crippen LogP contribution in [0.4, 0.5) is 0 Å². The second kappa shape index (κ2) is 5.32. The highest BCUT2D eigenvalue weighted by Gasteiger charge is 2.36. The predicted octanol–water partition coefficient (Wildman–Crippen LogP) is 1.34. The summed E-state index contributed by atoms with van der Waals surface area (Å²) in [5, 5.41) is 2.45. The van der Waals surface area contributed by atoms with E-state index in [-0.39, 0.29) is 11.9 Å². The van der Waals surface area contributed by atoms with Gasteiger partial charge in [0.1, 0.15) is 6.10 Å². The average molecular weight is 276 g/mol. The van der Waals surface area contributed by atoms with E-state index >= 15 is 0 Å². The van der Waals surface area contributed by atoms with E-state index in [9.17, 15) is 8.42 Å². The lowest BCUT2D eigenvalue weighted by Crippen LogP contribution is -2.56. The van der Waals surface area contributed by atoms with Gasteiger partial charge in [0.15, 0.2) is 0 Å². The lowest BCUT2D eigenvalue weighted by molar-refractivity contribution is 0.0759. The zero-order valence-corrected chi connectivity index (χ0v) is 11.3. The van der Waals surface area contributed by atoms with Crippen LogP contribution in [-0.4, -0.2) is 42.7 Å². The maximum atomic E-state index is 11.8. The summed E-state index contributed by atoms with van der Waals surface area (Å²) in [6.07, 6.45) is 3.25. The summed E-state index contributed by atoms with van der Waals surface area (Å²) < 4.78 is 30.6. The van der Waals surface area contributed by atoms with Crippen LogP contribution in [0.1, 0.15) is 19.8 Å². The third-order valence-corrected chi connectivity index (χ3v) is 5.19. The molecule has 1 aromatic rings. The minimum absolute atomic E-state index is 0.0439. The van der Waals surface area contributed by atoms with Crippen LogP contribution in [0.25, 0.3) is 0 Å². The molecule has 0 unspecified atom stereocenters. The highest BCUT2D eigenvalue weighted by molar-refractivity contribution is 7.89. The Morgan fingerprint density at radius 3 is 2.94 bits per heavy atom. The van der Waals surface area contributed by atoms with Gasteiger partial charge in [-0.3, -0.25) is 0 Å². The van der Waals surface area contributed by atoms with Gasteiger partial charge in [0.2, 0.25) is 10.0 Å². The summed E-state index contributed by atoms with van der Waals surface area (Å²) in [5.74, 6) is 0.244. The Balaban J connectivity index is 1.78. The molecule has 0 radical (unpaired) electrons. The van der Waals surface area contributed by atoms with Crippen LogP contribution in [0.2, 0.25) is 0 Å². The van der Waals surface area contributed by atoms with E-state index in [0.29, 0.717) is 18.3 Å². The van der Waals surface area contributed by atoms with Gasteiger partial charge in [0, 0.05) is 11.6 Å². The van der Waals surface area contributed by atoms with Crippen LogP contribution >= 0.6 is 11.3 Å². The number of unbranched alkanes of at least 4 members (excludes halogenated alkanes) is 1. The summed E-state index contributed by atoms with van der Waals surface area (Å²) in [6.45, 7) is 2.89. The van der Waals surface area contributed by atoms with Gasteiger partial charge in [-0.05, 0) is 6.42 Å². The van der Waals surface area contributed by atoms with Crippen molar-refractivity contribution in [1.29, 1.82) is 0 Å². The Labute approximate surface area is 105 Å². The van der Waals surface area contributed by atoms with Crippen molar-refractivity contribution in [1.82, 2.24) is 9.29 Å². The Morgan fingerprint density at radius 2 is 2.35 bits per heavy atom. The van der Waals surface area contributed by atoms with E-state index in [4.69, 9.17) is 4.74 Å². The third kappa shape index (κ3) is 3.17. The molecule has 1 aliphatic heterocycles. The average Bonchev–Trinajstić information content (AvgIpc) is 2.72. The first-order valence-electron chi connectivity index (χ1n) is 5.66. The van der Waals surface area contributed by atoms with Gasteiger partial charge in [-0.1, -0.05) is 24.7 Å². The van der Waals surface area contributed by atoms with Crippen LogP contribution < -0.4 is 4.74 Å². The summed E-state index contributed by atoms with van der Waals surface area (Å²) >= 11 is 1.42. The van der Waals surface area contributed by atoms with E-state index in [0.717, 1.165) is 12.8 Å². The summed E-state index contributed by atoms with van der Waals surface area (Å²) in [7, 11) is -3.06. The lowest BCUT2D eigenvalue weighted by Gasteiger charge is -2.37. The molecule has 1 saturated heterocycles. The third-order valence-electron chi connectivity index (χ3n) is 2.64. The SMILES string of the molecule is CCCCS(=O)(=O)N1CC(Oc2nccs2)C1. The van der Waals surface area contributed by atoms with Crippen molar-refractivity contribution in [3.8, 4) is 5.19 Å². The molecule has 0 spiro atoms. The quantitative estimate of drug-likeness (QED) is 0.786. The molecular formula is C10H16N2O3S2. The predicted molar refractivity (Wildman–Crippen MR) is 66.8 cm³/mol. The minimum atomic E-state index is -3.06. The first-order valence-corrected chi connectivity index (χ1v) is 8.14. The van der Waals surface area contributed by atoms with Crippen LogP contribution in [0.3, 0.4) is 0 Å². The van der Waals surface area contributed by atoms with Crippen LogP contribution in [0.5, 0.6) is 5.19 Å². The molecule has 5 nitrogen and oxygen atoms in total. The number of sulfonamides is 1. The van der Waals surface area contributed by atoms with Crippen LogP contribution in [-0.2, 0) is 10.0 Å². The smallest absolute Gasteiger partial charge is 0.273 e. The van der Waals surface area contributed by atoms with E-state index in [1.807, 2.05) is 12.3 Å². The number of ether oxygens (including phenoxy) is 1. The molecule has 0 saturated carbocycles. The second-order valence-electron chi connectivity index (χ2n) is 4.02. The summed E-state index contributed by atoms with van der Waals surface area (Å²) in [6, 6.07) is 0. The van der Waals surface area contributed by atoms with Gasteiger partial charge in [0.05, 0.1) is 18.8 Å². The van der Waals surface area contributed by atoms with Gasteiger partial charge >= 0.3 is 0 Å². The molecule has 96 valence electrons. The molecule has 7 heteroatoms. The molecule has 2 rings (SSSR count). The Bertz CT molecular complexity index is 438. The maximum absolute atomic E-state index is 11.8. The first kappa shape index (κ1) is 12.8. The molecule has 0 N–H and O–H groups in total. The van der Waals surface area contributed by atoms with Crippen molar-refractivity contribution < 1.29 is 13.2 Å². The van der Waals surface area contributed by atoms with Gasteiger partial charge in [-0.15, -0.1) is 0 Å². The monoisotopic (exact) mass is 276 g/mol. The van der Waals surface area contributed by atoms with Gasteiger partial charge in [-0.2, -0.15) is 4.31 Å². The molecular weight excluding hydrogens is 260 g/mol. The van der Waals surface area contributed by atoms with Gasteiger partial charge in [0.25, 0.3) is 5.19 Å². The first-order chi connectivity index (χ1) is 8.12. The zero-order valence-electron chi connectivity index (χ0n) is 9.70. The van der Waals surface area contributed by atoms with Crippen molar-refractivity contribution in [2.24, 2.45) is 0 Å². The molecule has 0 amide bonds. The van der Waals surface area contributed by atoms with Gasteiger partial charge in [-0.25, -0.2) is 13.4 Å². The van der Waals surface area contributed by atoms with Crippen molar-refractivity contribution in [2.45, 2.75) is 25.9 Å². The topological polar surface area (TPSA) is 59.5 Å². The molecule has 1 aromatic heterocycles. The minimum Gasteiger partial charge on any atom is -0.464 e. The molecule has 0 atom stereocenters. The van der Waals surface area contributed by atoms with Crippen LogP contribution in [0, 0.1) is 0 Å². The van der Waals surface area contributed by atoms with E-state index in [1.165, 1.54) is 15.6 Å². The highest BCUT2D eigenvalue weighted by Crippen LogP contribution is 2.22. The maximum Gasteiger partial charge on any atom is 0.273 e. The second-order valence-corrected chi connectivity index (χ2v) is 6.97. The zero-order chi connectivity index (χ0) is 12.3. The number of rotatable bonds is 6. The Kier molecular flexibility index (Phi) is 4.01. The number of nitrogens with zero attached hydrogens (tertiary/aromatic N) is 2. The van der Waals surface area contributed by atoms with E-state index < -0.39 is 10.0 Å². The van der Waals surface area contributed by atoms with Crippen molar-refractivity contribution in [3.63, 3.8) is 0 Å². The lowest BCUT2D eigenvalue weighted by atomic mass is 10.2. The molecule has 17 heavy (non-hydrogen) atoms. The van der Waals surface area contributed by atoms with Crippen molar-refractivity contribution >= 4 is 21.4 Å². The molecule has 1 aliphatic rings. The number of thiazole rings is 1. The molecule has 1 fully saturated rings. The molecule has 0 aromatic carbocycles. The Morgan fingerprint density at radius 1 is 1.59 bits per heavy atom. The normalized spacial score (nSPS) is 17.9. The summed E-state index contributed by atoms with van der Waals surface area (Å²) in [4.78, 5) is 4.00. The fourth-order valence-corrected chi connectivity index (χ4v) is 3.82. The summed E-state index contributed by atoms with van der Waals surface area (Å²) in [5.41, 5.74) is 0.